The Hall–Kier alpha value is -1.16. The smallest absolute Gasteiger partial charge is 0.0868 e. The van der Waals surface area contributed by atoms with E-state index >= 15 is 0 Å². The Kier molecular flexibility index (Phi) is 5.29. The molecule has 2 atom stereocenters. The summed E-state index contributed by atoms with van der Waals surface area (Å²) in [6.07, 6.45) is 0.195. The van der Waals surface area contributed by atoms with Gasteiger partial charge in [0.25, 0.3) is 0 Å². The summed E-state index contributed by atoms with van der Waals surface area (Å²) >= 11 is 3.83. The molecule has 0 radical (unpaired) electrons. The minimum atomic E-state index is 0.195. The van der Waals surface area contributed by atoms with Crippen molar-refractivity contribution in [3.63, 3.8) is 0 Å². The Morgan fingerprint density at radius 3 is 2.59 bits per heavy atom. The number of aryl methyl sites for hydroxylation is 1. The summed E-state index contributed by atoms with van der Waals surface area (Å²) in [5.74, 6) is 0. The maximum absolute atomic E-state index is 6.00. The highest BCUT2D eigenvalue weighted by molar-refractivity contribution is 9.09. The van der Waals surface area contributed by atoms with Crippen molar-refractivity contribution in [1.82, 2.24) is 4.90 Å². The van der Waals surface area contributed by atoms with Crippen molar-refractivity contribution >= 4 is 15.9 Å². The molecule has 1 heterocycles. The van der Waals surface area contributed by atoms with E-state index < -0.39 is 0 Å². The topological polar surface area (TPSA) is 12.5 Å². The highest BCUT2D eigenvalue weighted by atomic mass is 79.9. The van der Waals surface area contributed by atoms with Crippen molar-refractivity contribution in [2.45, 2.75) is 24.4 Å². The number of rotatable bonds is 4. The van der Waals surface area contributed by atoms with Crippen molar-refractivity contribution in [3.8, 4) is 0 Å². The molecule has 116 valence electrons. The summed E-state index contributed by atoms with van der Waals surface area (Å²) in [4.78, 5) is 2.72. The van der Waals surface area contributed by atoms with Crippen molar-refractivity contribution in [3.05, 3.63) is 71.3 Å². The number of benzene rings is 2. The second kappa shape index (κ2) is 7.40. The molecule has 22 heavy (non-hydrogen) atoms. The number of alkyl halides is 1. The molecule has 1 aliphatic heterocycles. The van der Waals surface area contributed by atoms with Crippen LogP contribution in [0.25, 0.3) is 0 Å². The number of morpholine rings is 1. The van der Waals surface area contributed by atoms with E-state index in [1.54, 1.807) is 0 Å². The Balaban J connectivity index is 1.63. The van der Waals surface area contributed by atoms with E-state index in [-0.39, 0.29) is 10.9 Å². The lowest BCUT2D eigenvalue weighted by Crippen LogP contribution is -2.43. The first kappa shape index (κ1) is 15.7. The highest BCUT2D eigenvalue weighted by Gasteiger charge is 2.27. The van der Waals surface area contributed by atoms with Gasteiger partial charge in [0, 0.05) is 19.6 Å². The fraction of sp³-hybridized carbons (Fsp3) is 0.368. The second-order valence-electron chi connectivity index (χ2n) is 5.94. The Morgan fingerprint density at radius 2 is 1.86 bits per heavy atom. The van der Waals surface area contributed by atoms with Crippen molar-refractivity contribution in [1.29, 1.82) is 0 Å². The van der Waals surface area contributed by atoms with E-state index in [0.717, 1.165) is 26.2 Å². The third-order valence-electron chi connectivity index (χ3n) is 4.15. The van der Waals surface area contributed by atoms with E-state index in [9.17, 15) is 0 Å². The van der Waals surface area contributed by atoms with Crippen LogP contribution >= 0.6 is 15.9 Å². The van der Waals surface area contributed by atoms with Gasteiger partial charge in [-0.1, -0.05) is 76.1 Å². The first-order valence-corrected chi connectivity index (χ1v) is 8.72. The summed E-state index contributed by atoms with van der Waals surface area (Å²) in [6, 6.07) is 19.4. The number of halogens is 1. The summed E-state index contributed by atoms with van der Waals surface area (Å²) in [5.41, 5.74) is 3.94. The molecule has 2 aromatic carbocycles. The standard InChI is InChI=1S/C19H22BrNO/c1-15-7-9-17(10-8-15)19(20)18-14-21(11-12-22-18)13-16-5-3-2-4-6-16/h2-10,18-19H,11-14H2,1H3. The average Bonchev–Trinajstić information content (AvgIpc) is 2.56. The minimum absolute atomic E-state index is 0.195. The lowest BCUT2D eigenvalue weighted by Gasteiger charge is -2.35. The van der Waals surface area contributed by atoms with Gasteiger partial charge in [-0.15, -0.1) is 0 Å². The largest absolute Gasteiger partial charge is 0.374 e. The lowest BCUT2D eigenvalue weighted by molar-refractivity contribution is -0.0310. The van der Waals surface area contributed by atoms with E-state index in [4.69, 9.17) is 4.74 Å². The molecule has 0 aliphatic carbocycles. The molecule has 1 saturated heterocycles. The van der Waals surface area contributed by atoms with Gasteiger partial charge in [-0.3, -0.25) is 4.90 Å². The van der Waals surface area contributed by atoms with E-state index in [2.05, 4.69) is 82.4 Å². The zero-order chi connectivity index (χ0) is 15.4. The molecule has 3 rings (SSSR count). The van der Waals surface area contributed by atoms with Gasteiger partial charge in [0.2, 0.25) is 0 Å². The Morgan fingerprint density at radius 1 is 1.14 bits per heavy atom. The maximum atomic E-state index is 6.00. The van der Waals surface area contributed by atoms with Crippen molar-refractivity contribution in [2.75, 3.05) is 19.7 Å². The molecule has 0 N–H and O–H groups in total. The number of hydrogen-bond acceptors (Lipinski definition) is 2. The van der Waals surface area contributed by atoms with E-state index in [1.807, 2.05) is 0 Å². The fourth-order valence-corrected chi connectivity index (χ4v) is 3.48. The van der Waals surface area contributed by atoms with E-state index in [0.29, 0.717) is 0 Å². The van der Waals surface area contributed by atoms with Crippen LogP contribution in [-0.4, -0.2) is 30.7 Å². The van der Waals surface area contributed by atoms with Crippen LogP contribution in [0.5, 0.6) is 0 Å². The van der Waals surface area contributed by atoms with Crippen LogP contribution in [0.1, 0.15) is 21.5 Å². The molecule has 1 aliphatic rings. The monoisotopic (exact) mass is 359 g/mol. The van der Waals surface area contributed by atoms with Gasteiger partial charge in [0.1, 0.15) is 0 Å². The first-order valence-electron chi connectivity index (χ1n) is 7.81. The van der Waals surface area contributed by atoms with Crippen LogP contribution in [-0.2, 0) is 11.3 Å². The van der Waals surface area contributed by atoms with Gasteiger partial charge in [0.15, 0.2) is 0 Å². The fourth-order valence-electron chi connectivity index (χ4n) is 2.86. The first-order chi connectivity index (χ1) is 10.7. The van der Waals surface area contributed by atoms with Gasteiger partial charge in [-0.05, 0) is 18.1 Å². The molecular formula is C19H22BrNO. The van der Waals surface area contributed by atoms with Crippen molar-refractivity contribution < 1.29 is 4.74 Å². The van der Waals surface area contributed by atoms with E-state index in [1.165, 1.54) is 16.7 Å². The molecule has 2 aromatic rings. The van der Waals surface area contributed by atoms with Gasteiger partial charge in [-0.2, -0.15) is 0 Å². The quantitative estimate of drug-likeness (QED) is 0.753. The van der Waals surface area contributed by atoms with Gasteiger partial charge in [0.05, 0.1) is 17.5 Å². The van der Waals surface area contributed by atoms with Crippen LogP contribution in [0.3, 0.4) is 0 Å². The lowest BCUT2D eigenvalue weighted by atomic mass is 10.0. The molecule has 0 spiro atoms. The molecular weight excluding hydrogens is 338 g/mol. The van der Waals surface area contributed by atoms with Crippen LogP contribution in [0.2, 0.25) is 0 Å². The highest BCUT2D eigenvalue weighted by Crippen LogP contribution is 2.31. The summed E-state index contributed by atoms with van der Waals surface area (Å²) in [5, 5.41) is 0. The van der Waals surface area contributed by atoms with Gasteiger partial charge >= 0.3 is 0 Å². The molecule has 1 fully saturated rings. The predicted molar refractivity (Wildman–Crippen MR) is 94.3 cm³/mol. The van der Waals surface area contributed by atoms with Gasteiger partial charge < -0.3 is 4.74 Å². The third-order valence-corrected chi connectivity index (χ3v) is 5.27. The molecule has 0 bridgehead atoms. The SMILES string of the molecule is Cc1ccc(C(Br)C2CN(Cc3ccccc3)CCO2)cc1. The Labute approximate surface area is 141 Å². The summed E-state index contributed by atoms with van der Waals surface area (Å²) in [7, 11) is 0. The van der Waals surface area contributed by atoms with Crippen LogP contribution < -0.4 is 0 Å². The molecule has 0 amide bonds. The maximum Gasteiger partial charge on any atom is 0.0868 e. The summed E-state index contributed by atoms with van der Waals surface area (Å²) < 4.78 is 6.00. The predicted octanol–water partition coefficient (Wildman–Crippen LogP) is 4.33. The molecule has 2 unspecified atom stereocenters. The molecule has 2 nitrogen and oxygen atoms in total. The molecule has 0 saturated carbocycles. The third kappa shape index (κ3) is 3.97. The second-order valence-corrected chi connectivity index (χ2v) is 6.93. The van der Waals surface area contributed by atoms with Gasteiger partial charge in [-0.25, -0.2) is 0 Å². The average molecular weight is 360 g/mol. The minimum Gasteiger partial charge on any atom is -0.374 e. The number of hydrogen-bond donors (Lipinski definition) is 0. The van der Waals surface area contributed by atoms with Crippen molar-refractivity contribution in [2.24, 2.45) is 0 Å². The van der Waals surface area contributed by atoms with Crippen LogP contribution in [0, 0.1) is 6.92 Å². The molecule has 3 heteroatoms. The van der Waals surface area contributed by atoms with Crippen LogP contribution in [0.4, 0.5) is 0 Å². The Bertz CT molecular complexity index is 584. The molecule has 0 aromatic heterocycles. The number of nitrogens with zero attached hydrogens (tertiary/aromatic N) is 1. The zero-order valence-corrected chi connectivity index (χ0v) is 14.5. The number of ether oxygens (including phenoxy) is 1. The normalized spacial score (nSPS) is 20.7. The summed E-state index contributed by atoms with van der Waals surface area (Å²) in [6.45, 7) is 5.86. The zero-order valence-electron chi connectivity index (χ0n) is 12.9. The van der Waals surface area contributed by atoms with Crippen LogP contribution in [0.15, 0.2) is 54.6 Å².